The van der Waals surface area contributed by atoms with Crippen LogP contribution in [0, 0.1) is 0 Å². The summed E-state index contributed by atoms with van der Waals surface area (Å²) < 4.78 is 6.40. The number of rotatable bonds is 4. The molecule has 2 rings (SSSR count). The summed E-state index contributed by atoms with van der Waals surface area (Å²) in [5.74, 6) is 0. The number of carbonyl (C=O) groups excluding carboxylic acids is 1. The van der Waals surface area contributed by atoms with Crippen molar-refractivity contribution in [2.24, 2.45) is 0 Å². The van der Waals surface area contributed by atoms with Crippen LogP contribution in [0.5, 0.6) is 0 Å². The number of carbonyl (C=O) groups is 1. The number of halogens is 1. The number of benzene rings is 1. The maximum absolute atomic E-state index is 12.1. The lowest BCUT2D eigenvalue weighted by Crippen LogP contribution is -2.35. The quantitative estimate of drug-likeness (QED) is 0.777. The van der Waals surface area contributed by atoms with Crippen molar-refractivity contribution in [2.45, 2.75) is 38.8 Å². The first-order valence-electron chi connectivity index (χ1n) is 7.11. The van der Waals surface area contributed by atoms with Gasteiger partial charge in [0.05, 0.1) is 6.04 Å². The minimum atomic E-state index is -0.503. The number of amides is 1. The third kappa shape index (κ3) is 5.46. The van der Waals surface area contributed by atoms with Gasteiger partial charge in [0.15, 0.2) is 0 Å². The lowest BCUT2D eigenvalue weighted by atomic mass is 10.0. The van der Waals surface area contributed by atoms with Gasteiger partial charge in [-0.25, -0.2) is 4.79 Å². The summed E-state index contributed by atoms with van der Waals surface area (Å²) in [6.45, 7) is 5.58. The highest BCUT2D eigenvalue weighted by Gasteiger charge is 2.21. The van der Waals surface area contributed by atoms with Crippen LogP contribution in [0.15, 0.2) is 46.3 Å². The normalized spacial score (nSPS) is 12.7. The SMILES string of the molecule is CC(C)(C)OC(=O)NC(Cc1ccccc1)c1cc(Br)cs1. The molecule has 0 fully saturated rings. The molecule has 0 radical (unpaired) electrons. The van der Waals surface area contributed by atoms with E-state index in [-0.39, 0.29) is 6.04 Å². The standard InChI is InChI=1S/C17H20BrNO2S/c1-17(2,3)21-16(20)19-14(15-10-13(18)11-22-15)9-12-7-5-4-6-8-12/h4-8,10-11,14H,9H2,1-3H3,(H,19,20). The number of ether oxygens (including phenoxy) is 1. The van der Waals surface area contributed by atoms with Crippen LogP contribution in [0.2, 0.25) is 0 Å². The van der Waals surface area contributed by atoms with Gasteiger partial charge in [-0.15, -0.1) is 11.3 Å². The minimum Gasteiger partial charge on any atom is -0.444 e. The van der Waals surface area contributed by atoms with E-state index in [1.807, 2.05) is 50.4 Å². The Labute approximate surface area is 143 Å². The Morgan fingerprint density at radius 1 is 1.32 bits per heavy atom. The first-order chi connectivity index (χ1) is 10.3. The minimum absolute atomic E-state index is 0.103. The molecule has 0 saturated carbocycles. The fourth-order valence-corrected chi connectivity index (χ4v) is 3.53. The molecular weight excluding hydrogens is 362 g/mol. The molecule has 1 aromatic heterocycles. The van der Waals surface area contributed by atoms with Gasteiger partial charge in [0.2, 0.25) is 0 Å². The molecule has 1 atom stereocenters. The van der Waals surface area contributed by atoms with Crippen LogP contribution in [0.1, 0.15) is 37.3 Å². The lowest BCUT2D eigenvalue weighted by Gasteiger charge is -2.23. The van der Waals surface area contributed by atoms with E-state index in [0.29, 0.717) is 0 Å². The number of hydrogen-bond donors (Lipinski definition) is 1. The van der Waals surface area contributed by atoms with E-state index in [9.17, 15) is 4.79 Å². The predicted molar refractivity (Wildman–Crippen MR) is 94.3 cm³/mol. The lowest BCUT2D eigenvalue weighted by molar-refractivity contribution is 0.0504. The molecule has 0 aliphatic rings. The van der Waals surface area contributed by atoms with Crippen molar-refractivity contribution < 1.29 is 9.53 Å². The summed E-state index contributed by atoms with van der Waals surface area (Å²) in [5, 5.41) is 5.00. The molecule has 0 saturated heterocycles. The molecule has 118 valence electrons. The fourth-order valence-electron chi connectivity index (χ4n) is 2.03. The van der Waals surface area contributed by atoms with Gasteiger partial charge in [0.25, 0.3) is 0 Å². The zero-order valence-corrected chi connectivity index (χ0v) is 15.3. The summed E-state index contributed by atoms with van der Waals surface area (Å²) in [6, 6.07) is 12.1. The molecule has 22 heavy (non-hydrogen) atoms. The summed E-state index contributed by atoms with van der Waals surface area (Å²) in [6.07, 6.45) is 0.338. The molecule has 1 aromatic carbocycles. The fraction of sp³-hybridized carbons (Fsp3) is 0.353. The van der Waals surface area contributed by atoms with Crippen LogP contribution in [0.4, 0.5) is 4.79 Å². The summed E-state index contributed by atoms with van der Waals surface area (Å²) in [4.78, 5) is 13.2. The largest absolute Gasteiger partial charge is 0.444 e. The van der Waals surface area contributed by atoms with Gasteiger partial charge in [-0.2, -0.15) is 0 Å². The highest BCUT2D eigenvalue weighted by Crippen LogP contribution is 2.28. The number of nitrogens with one attached hydrogen (secondary N) is 1. The van der Waals surface area contributed by atoms with E-state index in [0.717, 1.165) is 15.8 Å². The second kappa shape index (κ2) is 7.29. The Bertz CT molecular complexity index is 619. The first kappa shape index (κ1) is 17.0. The summed E-state index contributed by atoms with van der Waals surface area (Å²) >= 11 is 5.09. The van der Waals surface area contributed by atoms with Gasteiger partial charge in [0, 0.05) is 14.7 Å². The molecule has 1 N–H and O–H groups in total. The predicted octanol–water partition coefficient (Wildman–Crippen LogP) is 5.32. The molecule has 0 spiro atoms. The summed E-state index contributed by atoms with van der Waals surface area (Å²) in [7, 11) is 0. The monoisotopic (exact) mass is 381 g/mol. The zero-order chi connectivity index (χ0) is 16.2. The maximum Gasteiger partial charge on any atom is 0.408 e. The first-order valence-corrected chi connectivity index (χ1v) is 8.78. The van der Waals surface area contributed by atoms with Crippen molar-refractivity contribution in [3.63, 3.8) is 0 Å². The second-order valence-corrected chi connectivity index (χ2v) is 7.91. The Morgan fingerprint density at radius 3 is 2.55 bits per heavy atom. The molecule has 0 aliphatic carbocycles. The molecule has 1 heterocycles. The average molecular weight is 382 g/mol. The van der Waals surface area contributed by atoms with Crippen LogP contribution in [-0.2, 0) is 11.2 Å². The van der Waals surface area contributed by atoms with Gasteiger partial charge in [0.1, 0.15) is 5.60 Å². The Hall–Kier alpha value is -1.33. The molecule has 5 heteroatoms. The number of thiophene rings is 1. The molecule has 1 amide bonds. The molecule has 3 nitrogen and oxygen atoms in total. The third-order valence-electron chi connectivity index (χ3n) is 2.90. The van der Waals surface area contributed by atoms with Crippen molar-refractivity contribution in [2.75, 3.05) is 0 Å². The van der Waals surface area contributed by atoms with Crippen molar-refractivity contribution in [1.29, 1.82) is 0 Å². The van der Waals surface area contributed by atoms with Crippen LogP contribution in [-0.4, -0.2) is 11.7 Å². The van der Waals surface area contributed by atoms with E-state index < -0.39 is 11.7 Å². The van der Waals surface area contributed by atoms with Crippen LogP contribution in [0.25, 0.3) is 0 Å². The molecule has 1 unspecified atom stereocenters. The molecular formula is C17H20BrNO2S. The van der Waals surface area contributed by atoms with Gasteiger partial charge < -0.3 is 10.1 Å². The Balaban J connectivity index is 2.13. The zero-order valence-electron chi connectivity index (χ0n) is 12.9. The highest BCUT2D eigenvalue weighted by molar-refractivity contribution is 9.10. The molecule has 0 aliphatic heterocycles. The topological polar surface area (TPSA) is 38.3 Å². The van der Waals surface area contributed by atoms with E-state index in [2.05, 4.69) is 33.4 Å². The van der Waals surface area contributed by atoms with Crippen LogP contribution < -0.4 is 5.32 Å². The Kier molecular flexibility index (Phi) is 5.64. The van der Waals surface area contributed by atoms with Crippen molar-refractivity contribution in [3.05, 3.63) is 56.7 Å². The van der Waals surface area contributed by atoms with Gasteiger partial charge in [-0.05, 0) is 54.8 Å². The van der Waals surface area contributed by atoms with Gasteiger partial charge in [-0.1, -0.05) is 30.3 Å². The van der Waals surface area contributed by atoms with Crippen molar-refractivity contribution >= 4 is 33.4 Å². The Morgan fingerprint density at radius 2 is 2.00 bits per heavy atom. The third-order valence-corrected chi connectivity index (χ3v) is 4.71. The smallest absolute Gasteiger partial charge is 0.408 e. The van der Waals surface area contributed by atoms with Crippen LogP contribution >= 0.6 is 27.3 Å². The second-order valence-electron chi connectivity index (χ2n) is 6.06. The maximum atomic E-state index is 12.1. The number of alkyl carbamates (subject to hydrolysis) is 1. The van der Waals surface area contributed by atoms with Crippen molar-refractivity contribution in [1.82, 2.24) is 5.32 Å². The van der Waals surface area contributed by atoms with Crippen LogP contribution in [0.3, 0.4) is 0 Å². The molecule has 0 bridgehead atoms. The van der Waals surface area contributed by atoms with E-state index in [1.54, 1.807) is 11.3 Å². The number of hydrogen-bond acceptors (Lipinski definition) is 3. The average Bonchev–Trinajstić information content (AvgIpc) is 2.84. The van der Waals surface area contributed by atoms with Gasteiger partial charge >= 0.3 is 6.09 Å². The highest BCUT2D eigenvalue weighted by atomic mass is 79.9. The van der Waals surface area contributed by atoms with E-state index in [1.165, 1.54) is 5.56 Å². The van der Waals surface area contributed by atoms with E-state index >= 15 is 0 Å². The van der Waals surface area contributed by atoms with Crippen molar-refractivity contribution in [3.8, 4) is 0 Å². The molecule has 2 aromatic rings. The van der Waals surface area contributed by atoms with Gasteiger partial charge in [-0.3, -0.25) is 0 Å². The summed E-state index contributed by atoms with van der Waals surface area (Å²) in [5.41, 5.74) is 0.672. The van der Waals surface area contributed by atoms with E-state index in [4.69, 9.17) is 4.74 Å².